The van der Waals surface area contributed by atoms with Crippen molar-refractivity contribution in [3.05, 3.63) is 35.9 Å². The van der Waals surface area contributed by atoms with Crippen molar-refractivity contribution < 1.29 is 43.0 Å². The van der Waals surface area contributed by atoms with Gasteiger partial charge >= 0.3 is 12.1 Å². The van der Waals surface area contributed by atoms with E-state index in [1.807, 2.05) is 6.07 Å². The van der Waals surface area contributed by atoms with E-state index in [4.69, 9.17) is 14.2 Å². The number of esters is 1. The van der Waals surface area contributed by atoms with Gasteiger partial charge in [0, 0.05) is 0 Å². The number of carbonyl (C=O) groups is 6. The first-order valence-electron chi connectivity index (χ1n) is 15.3. The van der Waals surface area contributed by atoms with Crippen molar-refractivity contribution in [3.8, 4) is 0 Å². The van der Waals surface area contributed by atoms with Crippen LogP contribution < -0.4 is 26.6 Å². The number of hydrogen-bond donors (Lipinski definition) is 5. The molecule has 0 saturated carbocycles. The minimum Gasteiger partial charge on any atom is -0.467 e. The Hall–Kier alpha value is -4.20. The quantitative estimate of drug-likeness (QED) is 0.186. The topological polar surface area (TPSA) is 190 Å². The van der Waals surface area contributed by atoms with Crippen LogP contribution in [0.4, 0.5) is 4.79 Å². The van der Waals surface area contributed by atoms with Crippen LogP contribution in [0.25, 0.3) is 0 Å². The van der Waals surface area contributed by atoms with Crippen LogP contribution in [0.15, 0.2) is 30.3 Å². The summed E-state index contributed by atoms with van der Waals surface area (Å²) < 4.78 is 15.9. The Bertz CT molecular complexity index is 1300. The van der Waals surface area contributed by atoms with Crippen molar-refractivity contribution in [2.75, 3.05) is 7.11 Å². The van der Waals surface area contributed by atoms with E-state index in [0.717, 1.165) is 5.56 Å². The Balaban J connectivity index is 3.09. The highest BCUT2D eigenvalue weighted by atomic mass is 16.5. The standard InChI is InChI=1S/C33H53N5O9/c1-20(47-29(2,3)4)22(23(39)35-31(7,8)25(41)37-33(11,12)27(43)45-13)34-24(40)30(5,6)36-26(42)32(9,10)38-28(44)46-19-21-17-15-14-16-18-21/h14-18,20,22H,19H2,1-13H3,(H,34,40)(H,35,39)(H,36,42)(H,37,41)(H,38,44)/t20-,22+/m1/s1. The van der Waals surface area contributed by atoms with Gasteiger partial charge in [-0.1, -0.05) is 30.3 Å². The van der Waals surface area contributed by atoms with Crippen LogP contribution >= 0.6 is 0 Å². The lowest BCUT2D eigenvalue weighted by Gasteiger charge is -2.36. The van der Waals surface area contributed by atoms with Gasteiger partial charge in [0.1, 0.15) is 34.8 Å². The van der Waals surface area contributed by atoms with Gasteiger partial charge in [-0.2, -0.15) is 0 Å². The van der Waals surface area contributed by atoms with Crippen molar-refractivity contribution in [2.24, 2.45) is 0 Å². The van der Waals surface area contributed by atoms with Crippen molar-refractivity contribution in [1.29, 1.82) is 0 Å². The summed E-state index contributed by atoms with van der Waals surface area (Å²) in [4.78, 5) is 78.1. The molecule has 264 valence electrons. The highest BCUT2D eigenvalue weighted by Gasteiger charge is 2.43. The van der Waals surface area contributed by atoms with E-state index in [1.165, 1.54) is 62.5 Å². The van der Waals surface area contributed by atoms with Gasteiger partial charge in [0.25, 0.3) is 0 Å². The SMILES string of the molecule is COC(=O)C(C)(C)NC(=O)C(C)(C)NC(=O)[C@@H](NC(=O)C(C)(C)NC(=O)C(C)(C)NC(=O)OCc1ccccc1)[C@@H](C)OC(C)(C)C. The lowest BCUT2D eigenvalue weighted by Crippen LogP contribution is -2.67. The second-order valence-electron chi connectivity index (χ2n) is 14.5. The summed E-state index contributed by atoms with van der Waals surface area (Å²) in [6, 6.07) is 7.69. The fraction of sp³-hybridized carbons (Fsp3) is 0.636. The number of methoxy groups -OCH3 is 1. The van der Waals surface area contributed by atoms with Crippen LogP contribution in [-0.2, 0) is 44.8 Å². The summed E-state index contributed by atoms with van der Waals surface area (Å²) in [5, 5.41) is 12.9. The molecule has 0 bridgehead atoms. The fourth-order valence-electron chi connectivity index (χ4n) is 4.10. The van der Waals surface area contributed by atoms with Crippen molar-refractivity contribution >= 4 is 35.7 Å². The van der Waals surface area contributed by atoms with E-state index in [0.29, 0.717) is 0 Å². The Morgan fingerprint density at radius 1 is 0.660 bits per heavy atom. The van der Waals surface area contributed by atoms with Gasteiger partial charge in [0.05, 0.1) is 18.8 Å². The molecule has 0 radical (unpaired) electrons. The lowest BCUT2D eigenvalue weighted by atomic mass is 9.97. The van der Waals surface area contributed by atoms with Crippen LogP contribution in [0.5, 0.6) is 0 Å². The van der Waals surface area contributed by atoms with Gasteiger partial charge in [-0.15, -0.1) is 0 Å². The molecule has 0 spiro atoms. The van der Waals surface area contributed by atoms with Gasteiger partial charge in [0.2, 0.25) is 23.6 Å². The zero-order valence-corrected chi connectivity index (χ0v) is 29.9. The van der Waals surface area contributed by atoms with Gasteiger partial charge in [-0.3, -0.25) is 19.2 Å². The molecule has 0 fully saturated rings. The molecule has 0 aliphatic carbocycles. The third-order valence-electron chi connectivity index (χ3n) is 6.89. The summed E-state index contributed by atoms with van der Waals surface area (Å²) >= 11 is 0. The summed E-state index contributed by atoms with van der Waals surface area (Å²) in [6.45, 7) is 18.5. The zero-order chi connectivity index (χ0) is 36.6. The van der Waals surface area contributed by atoms with Gasteiger partial charge in [-0.05, 0) is 88.6 Å². The highest BCUT2D eigenvalue weighted by Crippen LogP contribution is 2.17. The number of rotatable bonds is 14. The third kappa shape index (κ3) is 12.8. The average molecular weight is 664 g/mol. The molecule has 1 aromatic rings. The minimum absolute atomic E-state index is 0.00193. The van der Waals surface area contributed by atoms with Gasteiger partial charge in [0.15, 0.2) is 0 Å². The van der Waals surface area contributed by atoms with Crippen molar-refractivity contribution in [3.63, 3.8) is 0 Å². The smallest absolute Gasteiger partial charge is 0.408 e. The van der Waals surface area contributed by atoms with Crippen LogP contribution in [-0.4, -0.2) is 82.7 Å². The summed E-state index contributed by atoms with van der Waals surface area (Å²) in [5.74, 6) is -3.55. The Kier molecular flexibility index (Phi) is 13.5. The molecule has 14 heteroatoms. The summed E-state index contributed by atoms with van der Waals surface area (Å²) in [5.41, 5.74) is -5.94. The van der Waals surface area contributed by atoms with E-state index >= 15 is 0 Å². The normalized spacial score (nSPS) is 13.7. The maximum atomic E-state index is 13.6. The number of alkyl carbamates (subject to hydrolysis) is 1. The minimum atomic E-state index is -1.58. The molecule has 0 unspecified atom stereocenters. The Labute approximate surface area is 277 Å². The molecule has 1 aromatic carbocycles. The molecular weight excluding hydrogens is 610 g/mol. The fourth-order valence-corrected chi connectivity index (χ4v) is 4.10. The maximum Gasteiger partial charge on any atom is 0.408 e. The monoisotopic (exact) mass is 663 g/mol. The number of amides is 5. The maximum absolute atomic E-state index is 13.6. The number of ether oxygens (including phenoxy) is 3. The molecule has 0 aliphatic heterocycles. The van der Waals surface area contributed by atoms with Crippen LogP contribution in [0.2, 0.25) is 0 Å². The van der Waals surface area contributed by atoms with E-state index < -0.39 is 75.6 Å². The molecule has 5 N–H and O–H groups in total. The molecule has 5 amide bonds. The average Bonchev–Trinajstić information content (AvgIpc) is 2.92. The first kappa shape index (κ1) is 40.8. The molecule has 0 heterocycles. The Morgan fingerprint density at radius 3 is 1.62 bits per heavy atom. The van der Waals surface area contributed by atoms with Crippen molar-refractivity contribution in [1.82, 2.24) is 26.6 Å². The van der Waals surface area contributed by atoms with Crippen LogP contribution in [0.3, 0.4) is 0 Å². The third-order valence-corrected chi connectivity index (χ3v) is 6.89. The molecule has 1 rings (SSSR count). The molecule has 0 aromatic heterocycles. The molecule has 0 saturated heterocycles. The first-order valence-corrected chi connectivity index (χ1v) is 15.3. The number of hydrogen-bond acceptors (Lipinski definition) is 9. The van der Waals surface area contributed by atoms with Crippen molar-refractivity contribution in [2.45, 2.75) is 130 Å². The van der Waals surface area contributed by atoms with E-state index in [1.54, 1.807) is 52.0 Å². The first-order chi connectivity index (χ1) is 21.2. The summed E-state index contributed by atoms with van der Waals surface area (Å²) in [6.07, 6.45) is -1.73. The van der Waals surface area contributed by atoms with E-state index in [2.05, 4.69) is 26.6 Å². The second-order valence-corrected chi connectivity index (χ2v) is 14.5. The second kappa shape index (κ2) is 15.6. The van der Waals surface area contributed by atoms with Gasteiger partial charge < -0.3 is 40.8 Å². The number of benzene rings is 1. The number of carbonyl (C=O) groups excluding carboxylic acids is 6. The van der Waals surface area contributed by atoms with E-state index in [9.17, 15) is 28.8 Å². The van der Waals surface area contributed by atoms with Crippen LogP contribution in [0, 0.1) is 0 Å². The largest absolute Gasteiger partial charge is 0.467 e. The molecular formula is C33H53N5O9. The zero-order valence-electron chi connectivity index (χ0n) is 29.9. The molecule has 47 heavy (non-hydrogen) atoms. The molecule has 14 nitrogen and oxygen atoms in total. The molecule has 2 atom stereocenters. The van der Waals surface area contributed by atoms with E-state index in [-0.39, 0.29) is 6.61 Å². The van der Waals surface area contributed by atoms with Gasteiger partial charge in [-0.25, -0.2) is 9.59 Å². The summed E-state index contributed by atoms with van der Waals surface area (Å²) in [7, 11) is 1.19. The predicted octanol–water partition coefficient (Wildman–Crippen LogP) is 2.24. The highest BCUT2D eigenvalue weighted by molar-refractivity contribution is 5.99. The number of nitrogens with one attached hydrogen (secondary N) is 5. The molecule has 0 aliphatic rings. The van der Waals surface area contributed by atoms with Crippen LogP contribution in [0.1, 0.15) is 88.6 Å². The Morgan fingerprint density at radius 2 is 1.13 bits per heavy atom. The predicted molar refractivity (Wildman–Crippen MR) is 175 cm³/mol. The lowest BCUT2D eigenvalue weighted by molar-refractivity contribution is -0.150.